The van der Waals surface area contributed by atoms with Crippen LogP contribution >= 0.6 is 0 Å². The van der Waals surface area contributed by atoms with Gasteiger partial charge in [0, 0.05) is 16.8 Å². The molecule has 0 heterocycles. The first-order chi connectivity index (χ1) is 9.52. The normalized spacial score (nSPS) is 12.2. The van der Waals surface area contributed by atoms with Gasteiger partial charge in [-0.15, -0.1) is 0 Å². The number of nitrogens with two attached hydrogens (primary N) is 1. The minimum atomic E-state index is 0.0329. The lowest BCUT2D eigenvalue weighted by molar-refractivity contribution is 0.103. The van der Waals surface area contributed by atoms with Gasteiger partial charge >= 0.3 is 0 Å². The van der Waals surface area contributed by atoms with Crippen molar-refractivity contribution in [1.29, 1.82) is 0 Å². The van der Waals surface area contributed by atoms with Crippen molar-refractivity contribution < 1.29 is 4.79 Å². The zero-order valence-electron chi connectivity index (χ0n) is 12.3. The third kappa shape index (κ3) is 2.90. The molecule has 0 saturated heterocycles. The number of hydrogen-bond acceptors (Lipinski definition) is 2. The van der Waals surface area contributed by atoms with Gasteiger partial charge in [-0.1, -0.05) is 44.2 Å². The van der Waals surface area contributed by atoms with Gasteiger partial charge in [-0.25, -0.2) is 0 Å². The second-order valence-electron chi connectivity index (χ2n) is 5.33. The molecule has 0 amide bonds. The van der Waals surface area contributed by atoms with E-state index in [4.69, 9.17) is 5.73 Å². The van der Waals surface area contributed by atoms with Crippen molar-refractivity contribution in [3.8, 4) is 0 Å². The van der Waals surface area contributed by atoms with E-state index in [1.165, 1.54) is 5.56 Å². The van der Waals surface area contributed by atoms with Crippen LogP contribution in [-0.4, -0.2) is 5.78 Å². The van der Waals surface area contributed by atoms with Crippen molar-refractivity contribution in [3.63, 3.8) is 0 Å². The first-order valence-corrected chi connectivity index (χ1v) is 7.03. The van der Waals surface area contributed by atoms with Gasteiger partial charge in [0.15, 0.2) is 5.78 Å². The Morgan fingerprint density at radius 3 is 2.40 bits per heavy atom. The number of carbonyl (C=O) groups is 1. The molecular formula is C18H21NO. The summed E-state index contributed by atoms with van der Waals surface area (Å²) in [4.78, 5) is 12.5. The Labute approximate surface area is 120 Å². The van der Waals surface area contributed by atoms with Crippen molar-refractivity contribution in [1.82, 2.24) is 0 Å². The Morgan fingerprint density at radius 1 is 1.15 bits per heavy atom. The highest BCUT2D eigenvalue weighted by molar-refractivity contribution is 6.10. The van der Waals surface area contributed by atoms with E-state index in [0.717, 1.165) is 12.0 Å². The molecule has 2 nitrogen and oxygen atoms in total. The molecule has 0 spiro atoms. The number of ketones is 1. The van der Waals surface area contributed by atoms with Crippen molar-refractivity contribution in [3.05, 3.63) is 64.7 Å². The van der Waals surface area contributed by atoms with Crippen LogP contribution < -0.4 is 5.73 Å². The third-order valence-electron chi connectivity index (χ3n) is 3.86. The Bertz CT molecular complexity index is 614. The number of nitrogen functional groups attached to an aromatic ring is 1. The minimum Gasteiger partial charge on any atom is -0.399 e. The Hall–Kier alpha value is -2.09. The van der Waals surface area contributed by atoms with Gasteiger partial charge in [0.2, 0.25) is 0 Å². The second kappa shape index (κ2) is 5.91. The number of rotatable bonds is 4. The summed E-state index contributed by atoms with van der Waals surface area (Å²) in [6.45, 7) is 6.29. The average Bonchev–Trinajstić information content (AvgIpc) is 2.48. The predicted molar refractivity (Wildman–Crippen MR) is 84.2 cm³/mol. The van der Waals surface area contributed by atoms with Gasteiger partial charge < -0.3 is 5.73 Å². The average molecular weight is 267 g/mol. The van der Waals surface area contributed by atoms with Crippen LogP contribution in [0, 0.1) is 6.92 Å². The largest absolute Gasteiger partial charge is 0.399 e. The van der Waals surface area contributed by atoms with Crippen molar-refractivity contribution in [2.24, 2.45) is 0 Å². The zero-order valence-corrected chi connectivity index (χ0v) is 12.3. The van der Waals surface area contributed by atoms with Gasteiger partial charge in [0.25, 0.3) is 0 Å². The first-order valence-electron chi connectivity index (χ1n) is 7.03. The molecule has 2 heteroatoms. The fourth-order valence-electron chi connectivity index (χ4n) is 2.24. The standard InChI is InChI=1S/C18H21NO/c1-4-12(2)14-6-8-15(9-7-14)18(20)17-11-16(19)10-5-13(17)3/h5-12H,4,19H2,1-3H3. The maximum Gasteiger partial charge on any atom is 0.193 e. The van der Waals surface area contributed by atoms with Crippen molar-refractivity contribution >= 4 is 11.5 Å². The van der Waals surface area contributed by atoms with Gasteiger partial charge in [0.1, 0.15) is 0 Å². The molecule has 2 aromatic carbocycles. The Morgan fingerprint density at radius 2 is 1.80 bits per heavy atom. The van der Waals surface area contributed by atoms with Gasteiger partial charge in [-0.3, -0.25) is 4.79 Å². The SMILES string of the molecule is CCC(C)c1ccc(C(=O)c2cc(N)ccc2C)cc1. The zero-order chi connectivity index (χ0) is 14.7. The molecule has 1 unspecified atom stereocenters. The molecule has 0 aliphatic rings. The predicted octanol–water partition coefficient (Wildman–Crippen LogP) is 4.32. The van der Waals surface area contributed by atoms with Crippen LogP contribution in [0.5, 0.6) is 0 Å². The summed E-state index contributed by atoms with van der Waals surface area (Å²) in [6, 6.07) is 13.4. The number of hydrogen-bond donors (Lipinski definition) is 1. The monoisotopic (exact) mass is 267 g/mol. The lowest BCUT2D eigenvalue weighted by Crippen LogP contribution is -2.05. The highest BCUT2D eigenvalue weighted by atomic mass is 16.1. The van der Waals surface area contributed by atoms with Crippen LogP contribution in [0.2, 0.25) is 0 Å². The lowest BCUT2D eigenvalue weighted by Gasteiger charge is -2.10. The number of carbonyl (C=O) groups excluding carboxylic acids is 1. The molecule has 2 aromatic rings. The third-order valence-corrected chi connectivity index (χ3v) is 3.86. The summed E-state index contributed by atoms with van der Waals surface area (Å²) in [6.07, 6.45) is 1.10. The van der Waals surface area contributed by atoms with Crippen molar-refractivity contribution in [2.45, 2.75) is 33.1 Å². The smallest absolute Gasteiger partial charge is 0.193 e. The molecule has 0 aromatic heterocycles. The summed E-state index contributed by atoms with van der Waals surface area (Å²) in [5.74, 6) is 0.554. The van der Waals surface area contributed by atoms with E-state index in [2.05, 4.69) is 13.8 Å². The van der Waals surface area contributed by atoms with Crippen LogP contribution in [0.4, 0.5) is 5.69 Å². The number of anilines is 1. The highest BCUT2D eigenvalue weighted by Crippen LogP contribution is 2.21. The van der Waals surface area contributed by atoms with Gasteiger partial charge in [-0.05, 0) is 42.5 Å². The van der Waals surface area contributed by atoms with E-state index in [-0.39, 0.29) is 5.78 Å². The lowest BCUT2D eigenvalue weighted by atomic mass is 9.94. The molecule has 1 atom stereocenters. The van der Waals surface area contributed by atoms with Crippen LogP contribution in [0.15, 0.2) is 42.5 Å². The minimum absolute atomic E-state index is 0.0329. The number of aryl methyl sites for hydroxylation is 1. The first kappa shape index (κ1) is 14.3. The maximum atomic E-state index is 12.5. The molecule has 0 bridgehead atoms. The molecule has 0 aliphatic heterocycles. The molecule has 0 saturated carbocycles. The molecular weight excluding hydrogens is 246 g/mol. The van der Waals surface area contributed by atoms with Crippen LogP contribution in [0.1, 0.15) is 53.2 Å². The second-order valence-corrected chi connectivity index (χ2v) is 5.33. The number of benzene rings is 2. The van der Waals surface area contributed by atoms with E-state index in [1.807, 2.05) is 43.3 Å². The van der Waals surface area contributed by atoms with E-state index >= 15 is 0 Å². The van der Waals surface area contributed by atoms with Crippen LogP contribution in [0.25, 0.3) is 0 Å². The van der Waals surface area contributed by atoms with Gasteiger partial charge in [0.05, 0.1) is 0 Å². The van der Waals surface area contributed by atoms with E-state index in [1.54, 1.807) is 6.07 Å². The fourth-order valence-corrected chi connectivity index (χ4v) is 2.24. The summed E-state index contributed by atoms with van der Waals surface area (Å²) in [5.41, 5.74) is 10.0. The van der Waals surface area contributed by atoms with Crippen LogP contribution in [-0.2, 0) is 0 Å². The van der Waals surface area contributed by atoms with E-state index < -0.39 is 0 Å². The summed E-state index contributed by atoms with van der Waals surface area (Å²) in [5, 5.41) is 0. The van der Waals surface area contributed by atoms with E-state index in [9.17, 15) is 4.79 Å². The molecule has 20 heavy (non-hydrogen) atoms. The molecule has 2 N–H and O–H groups in total. The van der Waals surface area contributed by atoms with E-state index in [0.29, 0.717) is 22.7 Å². The fraction of sp³-hybridized carbons (Fsp3) is 0.278. The maximum absolute atomic E-state index is 12.5. The Balaban J connectivity index is 2.32. The Kier molecular flexibility index (Phi) is 4.23. The van der Waals surface area contributed by atoms with Crippen LogP contribution in [0.3, 0.4) is 0 Å². The molecule has 0 aliphatic carbocycles. The molecule has 2 rings (SSSR count). The highest BCUT2D eigenvalue weighted by Gasteiger charge is 2.12. The van der Waals surface area contributed by atoms with Gasteiger partial charge in [-0.2, -0.15) is 0 Å². The summed E-state index contributed by atoms with van der Waals surface area (Å²) in [7, 11) is 0. The summed E-state index contributed by atoms with van der Waals surface area (Å²) < 4.78 is 0. The molecule has 0 fully saturated rings. The van der Waals surface area contributed by atoms with Crippen molar-refractivity contribution in [2.75, 3.05) is 5.73 Å². The summed E-state index contributed by atoms with van der Waals surface area (Å²) >= 11 is 0. The topological polar surface area (TPSA) is 43.1 Å². The molecule has 0 radical (unpaired) electrons. The molecule has 104 valence electrons. The quantitative estimate of drug-likeness (QED) is 0.662.